The van der Waals surface area contributed by atoms with Gasteiger partial charge in [0.25, 0.3) is 0 Å². The van der Waals surface area contributed by atoms with Crippen LogP contribution >= 0.6 is 15.9 Å². The van der Waals surface area contributed by atoms with Gasteiger partial charge in [-0.3, -0.25) is 4.98 Å². The molecule has 3 unspecified atom stereocenters. The molecule has 0 amide bonds. The number of nitrogens with two attached hydrogens (primary N) is 2. The Morgan fingerprint density at radius 2 is 1.84 bits per heavy atom. The molecule has 0 spiro atoms. The van der Waals surface area contributed by atoms with Gasteiger partial charge >= 0.3 is 0 Å². The Bertz CT molecular complexity index is 1030. The van der Waals surface area contributed by atoms with Gasteiger partial charge in [0.1, 0.15) is 16.2 Å². The van der Waals surface area contributed by atoms with Crippen molar-refractivity contribution in [2.24, 2.45) is 28.7 Å². The van der Waals surface area contributed by atoms with Gasteiger partial charge in [0.2, 0.25) is 0 Å². The van der Waals surface area contributed by atoms with Gasteiger partial charge in [-0.1, -0.05) is 33.8 Å². The fourth-order valence-corrected chi connectivity index (χ4v) is 5.19. The largest absolute Gasteiger partial charge is 0.401 e. The van der Waals surface area contributed by atoms with Crippen molar-refractivity contribution in [2.45, 2.75) is 52.9 Å². The number of allylic oxidation sites excluding steroid dienone is 3. The second-order valence-electron chi connectivity index (χ2n) is 8.82. The standard InChI is InChI=1S/C23H25BrF2N4.C2H6/c1-12-8-23(2)9-13(23)6-15(19-10-29-11-20(24)30-19)22(28)14(12)7-18(27)21-16(25)4-3-5-17(21)26;1-2/h3-5,7,10-13,15H,6,8-9,27-28H2,1-2H3;1-2H3/b18-7-,22-14+;/t12-,13?,15?,23?;/m0./s1. The Labute approximate surface area is 197 Å². The molecule has 0 saturated heterocycles. The molecule has 2 aliphatic rings. The molecule has 2 aromatic rings. The molecule has 4 N–H and O–H groups in total. The third-order valence-corrected chi connectivity index (χ3v) is 7.00. The van der Waals surface area contributed by atoms with E-state index in [0.29, 0.717) is 16.2 Å². The molecule has 1 aromatic heterocycles. The highest BCUT2D eigenvalue weighted by Crippen LogP contribution is 2.62. The quantitative estimate of drug-likeness (QED) is 0.514. The second-order valence-corrected chi connectivity index (χ2v) is 9.63. The Kier molecular flexibility index (Phi) is 7.38. The topological polar surface area (TPSA) is 77.8 Å². The van der Waals surface area contributed by atoms with E-state index in [1.165, 1.54) is 18.2 Å². The zero-order valence-corrected chi connectivity index (χ0v) is 20.6. The first-order chi connectivity index (χ1) is 15.2. The average molecular weight is 505 g/mol. The first kappa shape index (κ1) is 24.4. The highest BCUT2D eigenvalue weighted by atomic mass is 79.9. The van der Waals surface area contributed by atoms with Crippen molar-refractivity contribution in [1.29, 1.82) is 0 Å². The fraction of sp³-hybridized carbons (Fsp3) is 0.440. The number of benzene rings is 1. The van der Waals surface area contributed by atoms with Gasteiger partial charge in [-0.15, -0.1) is 0 Å². The zero-order valence-electron chi connectivity index (χ0n) is 19.0. The Hall–Kier alpha value is -2.28. The Balaban J connectivity index is 0.00000141. The molecule has 172 valence electrons. The summed E-state index contributed by atoms with van der Waals surface area (Å²) < 4.78 is 29.2. The maximum absolute atomic E-state index is 14.3. The van der Waals surface area contributed by atoms with Gasteiger partial charge in [-0.25, -0.2) is 13.8 Å². The van der Waals surface area contributed by atoms with Crippen LogP contribution in [-0.4, -0.2) is 9.97 Å². The molecule has 1 heterocycles. The predicted molar refractivity (Wildman–Crippen MR) is 128 cm³/mol. The number of fused-ring (bicyclic) bond motifs is 1. The first-order valence-corrected chi connectivity index (χ1v) is 11.9. The van der Waals surface area contributed by atoms with Crippen LogP contribution in [0.15, 0.2) is 52.5 Å². The average Bonchev–Trinajstić information content (AvgIpc) is 3.38. The SMILES string of the molecule is CC.C[C@H]1CC2(C)CC2CC(c2cncc(Br)n2)/C(N)=C1/C=C(\N)c1c(F)cccc1F. The number of rotatable bonds is 3. The normalized spacial score (nSPS) is 29.8. The molecule has 4 rings (SSSR count). The van der Waals surface area contributed by atoms with E-state index >= 15 is 0 Å². The van der Waals surface area contributed by atoms with Gasteiger partial charge in [0, 0.05) is 23.5 Å². The monoisotopic (exact) mass is 504 g/mol. The number of hydrogen-bond acceptors (Lipinski definition) is 4. The molecule has 32 heavy (non-hydrogen) atoms. The lowest BCUT2D eigenvalue weighted by atomic mass is 9.78. The van der Waals surface area contributed by atoms with Crippen molar-refractivity contribution in [3.8, 4) is 0 Å². The fourth-order valence-electron chi connectivity index (χ4n) is 4.87. The van der Waals surface area contributed by atoms with Crippen LogP contribution in [0.4, 0.5) is 8.78 Å². The second kappa shape index (κ2) is 9.69. The number of hydrogen-bond donors (Lipinski definition) is 2. The zero-order chi connectivity index (χ0) is 23.6. The first-order valence-electron chi connectivity index (χ1n) is 11.1. The van der Waals surface area contributed by atoms with E-state index in [9.17, 15) is 8.78 Å². The van der Waals surface area contributed by atoms with E-state index in [1.807, 2.05) is 13.8 Å². The number of halogens is 3. The van der Waals surface area contributed by atoms with Gasteiger partial charge < -0.3 is 11.5 Å². The lowest BCUT2D eigenvalue weighted by Gasteiger charge is -2.29. The smallest absolute Gasteiger partial charge is 0.135 e. The van der Waals surface area contributed by atoms with Gasteiger partial charge in [0.15, 0.2) is 0 Å². The molecular weight excluding hydrogens is 474 g/mol. The lowest BCUT2D eigenvalue weighted by molar-refractivity contribution is 0.370. The van der Waals surface area contributed by atoms with Crippen LogP contribution in [-0.2, 0) is 0 Å². The third kappa shape index (κ3) is 4.87. The van der Waals surface area contributed by atoms with Crippen LogP contribution in [0.3, 0.4) is 0 Å². The van der Waals surface area contributed by atoms with E-state index in [2.05, 4.69) is 39.7 Å². The van der Waals surface area contributed by atoms with E-state index < -0.39 is 11.6 Å². The highest BCUT2D eigenvalue weighted by Gasteiger charge is 2.52. The van der Waals surface area contributed by atoms with Crippen LogP contribution in [0.25, 0.3) is 5.70 Å². The summed E-state index contributed by atoms with van der Waals surface area (Å²) in [6.07, 6.45) is 7.97. The minimum Gasteiger partial charge on any atom is -0.401 e. The number of nitrogens with zero attached hydrogens (tertiary/aromatic N) is 2. The van der Waals surface area contributed by atoms with E-state index in [0.717, 1.165) is 30.5 Å². The van der Waals surface area contributed by atoms with Crippen LogP contribution in [0.1, 0.15) is 64.1 Å². The molecule has 4 atom stereocenters. The van der Waals surface area contributed by atoms with E-state index in [1.54, 1.807) is 18.5 Å². The van der Waals surface area contributed by atoms with Gasteiger partial charge in [0.05, 0.1) is 17.5 Å². The van der Waals surface area contributed by atoms with Crippen molar-refractivity contribution in [3.63, 3.8) is 0 Å². The summed E-state index contributed by atoms with van der Waals surface area (Å²) in [5.41, 5.74) is 15.2. The van der Waals surface area contributed by atoms with Gasteiger partial charge in [-0.2, -0.15) is 0 Å². The van der Waals surface area contributed by atoms with Crippen LogP contribution < -0.4 is 11.5 Å². The maximum atomic E-state index is 14.3. The predicted octanol–water partition coefficient (Wildman–Crippen LogP) is 6.30. The third-order valence-electron chi connectivity index (χ3n) is 6.61. The number of aromatic nitrogens is 2. The molecule has 1 aromatic carbocycles. The van der Waals surface area contributed by atoms with Crippen molar-refractivity contribution in [2.75, 3.05) is 0 Å². The molecule has 1 fully saturated rings. The van der Waals surface area contributed by atoms with Crippen molar-refractivity contribution >= 4 is 21.6 Å². The van der Waals surface area contributed by atoms with E-state index in [4.69, 9.17) is 11.5 Å². The maximum Gasteiger partial charge on any atom is 0.135 e. The lowest BCUT2D eigenvalue weighted by Crippen LogP contribution is -2.23. The Morgan fingerprint density at radius 1 is 1.19 bits per heavy atom. The minimum atomic E-state index is -0.690. The van der Waals surface area contributed by atoms with Crippen LogP contribution in [0.2, 0.25) is 0 Å². The molecule has 4 nitrogen and oxygen atoms in total. The summed E-state index contributed by atoms with van der Waals surface area (Å²) in [6.45, 7) is 8.39. The molecule has 0 bridgehead atoms. The minimum absolute atomic E-state index is 0.0348. The van der Waals surface area contributed by atoms with Crippen LogP contribution in [0, 0.1) is 28.9 Å². The summed E-state index contributed by atoms with van der Waals surface area (Å²) in [4.78, 5) is 8.84. The summed E-state index contributed by atoms with van der Waals surface area (Å²) in [7, 11) is 0. The molecular formula is C25H31BrF2N4. The molecule has 0 aliphatic heterocycles. The highest BCUT2D eigenvalue weighted by molar-refractivity contribution is 9.10. The van der Waals surface area contributed by atoms with Gasteiger partial charge in [-0.05, 0) is 76.2 Å². The molecule has 7 heteroatoms. The van der Waals surface area contributed by atoms with Crippen LogP contribution in [0.5, 0.6) is 0 Å². The molecule has 1 saturated carbocycles. The summed E-state index contributed by atoms with van der Waals surface area (Å²) in [5.74, 6) is -0.850. The van der Waals surface area contributed by atoms with Crippen molar-refractivity contribution in [1.82, 2.24) is 9.97 Å². The Morgan fingerprint density at radius 3 is 2.47 bits per heavy atom. The van der Waals surface area contributed by atoms with E-state index in [-0.39, 0.29) is 28.5 Å². The van der Waals surface area contributed by atoms with Crippen molar-refractivity contribution in [3.05, 3.63) is 75.4 Å². The summed E-state index contributed by atoms with van der Waals surface area (Å²) in [5, 5.41) is 0. The molecule has 2 aliphatic carbocycles. The van der Waals surface area contributed by atoms with Crippen molar-refractivity contribution < 1.29 is 8.78 Å². The molecule has 0 radical (unpaired) electrons. The summed E-state index contributed by atoms with van der Waals surface area (Å²) in [6, 6.07) is 3.73. The summed E-state index contributed by atoms with van der Waals surface area (Å²) >= 11 is 3.39.